The van der Waals surface area contributed by atoms with Gasteiger partial charge in [-0.05, 0) is 31.2 Å². The highest BCUT2D eigenvalue weighted by Crippen LogP contribution is 2.24. The van der Waals surface area contributed by atoms with Crippen molar-refractivity contribution in [3.8, 4) is 17.0 Å². The predicted molar refractivity (Wildman–Crippen MR) is 108 cm³/mol. The van der Waals surface area contributed by atoms with Gasteiger partial charge in [0, 0.05) is 28.5 Å². The molecule has 4 rings (SSSR count). The van der Waals surface area contributed by atoms with Crippen LogP contribution in [0.25, 0.3) is 16.2 Å². The lowest BCUT2D eigenvalue weighted by atomic mass is 10.2. The summed E-state index contributed by atoms with van der Waals surface area (Å²) in [6, 6.07) is 17.4. The Bertz CT molecular complexity index is 1050. The molecule has 27 heavy (non-hydrogen) atoms. The number of fused-ring (bicyclic) bond motifs is 1. The first-order valence-electron chi connectivity index (χ1n) is 8.76. The minimum absolute atomic E-state index is 0.0613. The normalized spacial score (nSPS) is 10.9. The SMILES string of the molecule is CCOc1ccc(NC(=O)Cc2csc3nc(-c4ccccc4)cn23)cc1. The van der Waals surface area contributed by atoms with E-state index in [0.717, 1.165) is 33.3 Å². The van der Waals surface area contributed by atoms with E-state index >= 15 is 0 Å². The average Bonchev–Trinajstić information content (AvgIpc) is 3.26. The Labute approximate surface area is 161 Å². The second kappa shape index (κ2) is 7.63. The van der Waals surface area contributed by atoms with Crippen molar-refractivity contribution < 1.29 is 9.53 Å². The summed E-state index contributed by atoms with van der Waals surface area (Å²) in [6.45, 7) is 2.56. The van der Waals surface area contributed by atoms with Gasteiger partial charge in [0.15, 0.2) is 4.96 Å². The van der Waals surface area contributed by atoms with Crippen LogP contribution in [0.3, 0.4) is 0 Å². The summed E-state index contributed by atoms with van der Waals surface area (Å²) in [5.41, 5.74) is 3.66. The Hall–Kier alpha value is -3.12. The molecule has 1 amide bonds. The van der Waals surface area contributed by atoms with Crippen molar-refractivity contribution in [3.63, 3.8) is 0 Å². The molecule has 0 unspecified atom stereocenters. The maximum atomic E-state index is 12.4. The van der Waals surface area contributed by atoms with Crippen LogP contribution in [0.15, 0.2) is 66.2 Å². The Morgan fingerprint density at radius 2 is 1.93 bits per heavy atom. The van der Waals surface area contributed by atoms with E-state index in [-0.39, 0.29) is 12.3 Å². The van der Waals surface area contributed by atoms with E-state index in [1.165, 1.54) is 0 Å². The molecule has 0 fully saturated rings. The van der Waals surface area contributed by atoms with E-state index in [2.05, 4.69) is 10.3 Å². The fourth-order valence-electron chi connectivity index (χ4n) is 2.88. The van der Waals surface area contributed by atoms with Gasteiger partial charge in [0.1, 0.15) is 5.75 Å². The number of carbonyl (C=O) groups is 1. The predicted octanol–water partition coefficient (Wildman–Crippen LogP) is 4.64. The summed E-state index contributed by atoms with van der Waals surface area (Å²) in [5, 5.41) is 4.91. The highest BCUT2D eigenvalue weighted by atomic mass is 32.1. The molecule has 5 nitrogen and oxygen atoms in total. The van der Waals surface area contributed by atoms with Crippen molar-refractivity contribution >= 4 is 27.9 Å². The van der Waals surface area contributed by atoms with E-state index in [0.29, 0.717) is 6.61 Å². The molecule has 0 spiro atoms. The summed E-state index contributed by atoms with van der Waals surface area (Å²) in [5.74, 6) is 0.732. The minimum atomic E-state index is -0.0613. The van der Waals surface area contributed by atoms with Gasteiger partial charge in [-0.2, -0.15) is 0 Å². The second-order valence-electron chi connectivity index (χ2n) is 6.05. The number of hydrogen-bond donors (Lipinski definition) is 1. The van der Waals surface area contributed by atoms with Crippen molar-refractivity contribution in [1.29, 1.82) is 0 Å². The van der Waals surface area contributed by atoms with Crippen LogP contribution < -0.4 is 10.1 Å². The molecular weight excluding hydrogens is 358 g/mol. The van der Waals surface area contributed by atoms with Crippen LogP contribution in [0.2, 0.25) is 0 Å². The molecule has 136 valence electrons. The molecule has 1 N–H and O–H groups in total. The van der Waals surface area contributed by atoms with Crippen LogP contribution >= 0.6 is 11.3 Å². The van der Waals surface area contributed by atoms with E-state index in [1.807, 2.05) is 77.5 Å². The van der Waals surface area contributed by atoms with E-state index in [1.54, 1.807) is 11.3 Å². The fourth-order valence-corrected chi connectivity index (χ4v) is 3.75. The number of nitrogens with one attached hydrogen (secondary N) is 1. The van der Waals surface area contributed by atoms with Gasteiger partial charge in [-0.3, -0.25) is 9.20 Å². The highest BCUT2D eigenvalue weighted by molar-refractivity contribution is 7.15. The van der Waals surface area contributed by atoms with Crippen LogP contribution in [0, 0.1) is 0 Å². The van der Waals surface area contributed by atoms with E-state index in [9.17, 15) is 4.79 Å². The zero-order valence-electron chi connectivity index (χ0n) is 14.9. The van der Waals surface area contributed by atoms with Gasteiger partial charge in [0.2, 0.25) is 5.91 Å². The molecule has 0 aliphatic heterocycles. The van der Waals surface area contributed by atoms with Gasteiger partial charge in [-0.25, -0.2) is 4.98 Å². The number of benzene rings is 2. The summed E-state index contributed by atoms with van der Waals surface area (Å²) < 4.78 is 7.41. The smallest absolute Gasteiger partial charge is 0.230 e. The molecule has 0 aliphatic rings. The number of aromatic nitrogens is 2. The first kappa shape index (κ1) is 17.3. The molecular formula is C21H19N3O2S. The average molecular weight is 377 g/mol. The van der Waals surface area contributed by atoms with Crippen molar-refractivity contribution in [2.75, 3.05) is 11.9 Å². The Kier molecular flexibility index (Phi) is 4.89. The number of anilines is 1. The summed E-state index contributed by atoms with van der Waals surface area (Å²) in [7, 11) is 0. The van der Waals surface area contributed by atoms with Crippen LogP contribution in [-0.2, 0) is 11.2 Å². The number of rotatable bonds is 6. The third-order valence-corrected chi connectivity index (χ3v) is 5.03. The molecule has 0 radical (unpaired) electrons. The maximum Gasteiger partial charge on any atom is 0.230 e. The summed E-state index contributed by atoms with van der Waals surface area (Å²) in [4.78, 5) is 18.0. The lowest BCUT2D eigenvalue weighted by Crippen LogP contribution is -2.15. The lowest BCUT2D eigenvalue weighted by Gasteiger charge is -2.07. The van der Waals surface area contributed by atoms with Crippen LogP contribution in [0.1, 0.15) is 12.6 Å². The Morgan fingerprint density at radius 3 is 2.67 bits per heavy atom. The standard InChI is InChI=1S/C21H19N3O2S/c1-2-26-18-10-8-16(9-11-18)22-20(25)12-17-14-27-21-23-19(13-24(17)21)15-6-4-3-5-7-15/h3-11,13-14H,2,12H2,1H3,(H,22,25). The molecule has 4 aromatic rings. The topological polar surface area (TPSA) is 55.6 Å². The Balaban J connectivity index is 1.48. The monoisotopic (exact) mass is 377 g/mol. The third kappa shape index (κ3) is 3.85. The molecule has 0 saturated heterocycles. The lowest BCUT2D eigenvalue weighted by molar-refractivity contribution is -0.115. The van der Waals surface area contributed by atoms with E-state index in [4.69, 9.17) is 4.74 Å². The summed E-state index contributed by atoms with van der Waals surface area (Å²) in [6.07, 6.45) is 2.28. The number of hydrogen-bond acceptors (Lipinski definition) is 4. The van der Waals surface area contributed by atoms with Crippen molar-refractivity contribution in [1.82, 2.24) is 9.38 Å². The molecule has 2 heterocycles. The number of amides is 1. The Morgan fingerprint density at radius 1 is 1.15 bits per heavy atom. The number of thiazole rings is 1. The molecule has 0 bridgehead atoms. The first-order chi connectivity index (χ1) is 13.2. The van der Waals surface area contributed by atoms with Gasteiger partial charge in [0.05, 0.1) is 18.7 Å². The number of ether oxygens (including phenoxy) is 1. The highest BCUT2D eigenvalue weighted by Gasteiger charge is 2.12. The maximum absolute atomic E-state index is 12.4. The van der Waals surface area contributed by atoms with Crippen LogP contribution in [-0.4, -0.2) is 21.9 Å². The summed E-state index contributed by atoms with van der Waals surface area (Å²) >= 11 is 1.54. The van der Waals surface area contributed by atoms with Crippen molar-refractivity contribution in [3.05, 3.63) is 71.9 Å². The third-order valence-electron chi connectivity index (χ3n) is 4.14. The zero-order valence-corrected chi connectivity index (χ0v) is 15.7. The van der Waals surface area contributed by atoms with Crippen molar-refractivity contribution in [2.24, 2.45) is 0 Å². The van der Waals surface area contributed by atoms with Gasteiger partial charge in [-0.15, -0.1) is 11.3 Å². The van der Waals surface area contributed by atoms with Gasteiger partial charge in [0.25, 0.3) is 0 Å². The van der Waals surface area contributed by atoms with Gasteiger partial charge in [-0.1, -0.05) is 30.3 Å². The minimum Gasteiger partial charge on any atom is -0.494 e. The second-order valence-corrected chi connectivity index (χ2v) is 6.89. The molecule has 0 aliphatic carbocycles. The van der Waals surface area contributed by atoms with E-state index < -0.39 is 0 Å². The number of carbonyl (C=O) groups excluding carboxylic acids is 1. The first-order valence-corrected chi connectivity index (χ1v) is 9.64. The van der Waals surface area contributed by atoms with Crippen LogP contribution in [0.5, 0.6) is 5.75 Å². The molecule has 2 aromatic heterocycles. The molecule has 2 aromatic carbocycles. The van der Waals surface area contributed by atoms with Crippen LogP contribution in [0.4, 0.5) is 5.69 Å². The largest absolute Gasteiger partial charge is 0.494 e. The quantitative estimate of drug-likeness (QED) is 0.532. The zero-order chi connectivity index (χ0) is 18.6. The van der Waals surface area contributed by atoms with Gasteiger partial charge >= 0.3 is 0 Å². The molecule has 6 heteroatoms. The number of imidazole rings is 1. The van der Waals surface area contributed by atoms with Gasteiger partial charge < -0.3 is 10.1 Å². The molecule has 0 saturated carbocycles. The van der Waals surface area contributed by atoms with Crippen molar-refractivity contribution in [2.45, 2.75) is 13.3 Å². The number of nitrogens with zero attached hydrogens (tertiary/aromatic N) is 2. The molecule has 0 atom stereocenters. The fraction of sp³-hybridized carbons (Fsp3) is 0.143.